The molecule has 1 aromatic carbocycles. The van der Waals surface area contributed by atoms with Crippen LogP contribution in [0.3, 0.4) is 0 Å². The summed E-state index contributed by atoms with van der Waals surface area (Å²) in [4.78, 5) is 0.182. The Kier molecular flexibility index (Phi) is 6.69. The Balaban J connectivity index is 3.08. The number of halogens is 1. The molecule has 0 aliphatic rings. The minimum atomic E-state index is -3.73. The van der Waals surface area contributed by atoms with Crippen LogP contribution in [0.25, 0.3) is 0 Å². The molecule has 0 fully saturated rings. The molecule has 0 heterocycles. The van der Waals surface area contributed by atoms with E-state index >= 15 is 0 Å². The fourth-order valence-electron chi connectivity index (χ4n) is 1.85. The zero-order chi connectivity index (χ0) is 15.3. The molecule has 0 unspecified atom stereocenters. The first-order chi connectivity index (χ1) is 9.27. The number of thioether (sulfide) groups is 1. The average molecular weight is 337 g/mol. The highest BCUT2D eigenvalue weighted by Crippen LogP contribution is 2.32. The van der Waals surface area contributed by atoms with Gasteiger partial charge in [0.25, 0.3) is 9.05 Å². The monoisotopic (exact) mass is 336 g/mol. The molecule has 0 amide bonds. The van der Waals surface area contributed by atoms with E-state index in [0.717, 1.165) is 22.8 Å². The van der Waals surface area contributed by atoms with Crippen LogP contribution < -0.4 is 4.74 Å². The van der Waals surface area contributed by atoms with Gasteiger partial charge >= 0.3 is 0 Å². The second-order valence-electron chi connectivity index (χ2n) is 4.79. The molecule has 0 atom stereocenters. The van der Waals surface area contributed by atoms with Crippen molar-refractivity contribution in [3.63, 3.8) is 0 Å². The maximum atomic E-state index is 11.6. The van der Waals surface area contributed by atoms with Crippen LogP contribution in [0.4, 0.5) is 0 Å². The number of ether oxygens (including phenoxy) is 1. The topological polar surface area (TPSA) is 43.4 Å². The van der Waals surface area contributed by atoms with Crippen molar-refractivity contribution in [2.24, 2.45) is 0 Å². The summed E-state index contributed by atoms with van der Waals surface area (Å²) in [5.41, 5.74) is 1.49. The summed E-state index contributed by atoms with van der Waals surface area (Å²) in [6.07, 6.45) is 0. The van der Waals surface area contributed by atoms with Crippen molar-refractivity contribution in [2.75, 3.05) is 18.1 Å². The third kappa shape index (κ3) is 4.86. The number of aryl methyl sites for hydroxylation is 1. The summed E-state index contributed by atoms with van der Waals surface area (Å²) >= 11 is 1.81. The number of hydrogen-bond donors (Lipinski definition) is 0. The summed E-state index contributed by atoms with van der Waals surface area (Å²) < 4.78 is 29.0. The Bertz CT molecular complexity index is 554. The van der Waals surface area contributed by atoms with Gasteiger partial charge in [-0.3, -0.25) is 0 Å². The minimum absolute atomic E-state index is 0.0616. The van der Waals surface area contributed by atoms with E-state index < -0.39 is 9.05 Å². The third-order valence-corrected chi connectivity index (χ3v) is 5.12. The predicted octanol–water partition coefficient (Wildman–Crippen LogP) is 4.18. The van der Waals surface area contributed by atoms with Gasteiger partial charge in [0, 0.05) is 16.4 Å². The number of rotatable bonds is 7. The zero-order valence-electron chi connectivity index (χ0n) is 12.3. The van der Waals surface area contributed by atoms with E-state index in [1.165, 1.54) is 0 Å². The molecule has 0 aliphatic heterocycles. The fourth-order valence-corrected chi connectivity index (χ4v) is 3.63. The van der Waals surface area contributed by atoms with Crippen molar-refractivity contribution in [3.05, 3.63) is 23.3 Å². The van der Waals surface area contributed by atoms with Gasteiger partial charge in [-0.05, 0) is 41.9 Å². The maximum absolute atomic E-state index is 11.6. The summed E-state index contributed by atoms with van der Waals surface area (Å²) in [6.45, 7) is 8.43. The maximum Gasteiger partial charge on any atom is 0.261 e. The molecular formula is C14H21ClO3S2. The molecule has 20 heavy (non-hydrogen) atoms. The lowest BCUT2D eigenvalue weighted by molar-refractivity contribution is 0.340. The lowest BCUT2D eigenvalue weighted by Gasteiger charge is -2.16. The van der Waals surface area contributed by atoms with Gasteiger partial charge in [-0.2, -0.15) is 11.8 Å². The van der Waals surface area contributed by atoms with Gasteiger partial charge in [0.2, 0.25) is 0 Å². The van der Waals surface area contributed by atoms with Crippen molar-refractivity contribution in [1.82, 2.24) is 0 Å². The van der Waals surface area contributed by atoms with Crippen molar-refractivity contribution in [2.45, 2.75) is 38.5 Å². The van der Waals surface area contributed by atoms with E-state index in [1.807, 2.05) is 32.5 Å². The van der Waals surface area contributed by atoms with Crippen LogP contribution in [0.2, 0.25) is 0 Å². The van der Waals surface area contributed by atoms with Crippen LogP contribution in [-0.2, 0) is 9.05 Å². The van der Waals surface area contributed by atoms with Crippen LogP contribution >= 0.6 is 22.4 Å². The van der Waals surface area contributed by atoms with Crippen LogP contribution in [-0.4, -0.2) is 26.5 Å². The molecule has 3 nitrogen and oxygen atoms in total. The molecule has 0 bridgehead atoms. The summed E-state index contributed by atoms with van der Waals surface area (Å²) in [5.74, 6) is 2.77. The first kappa shape index (κ1) is 17.7. The van der Waals surface area contributed by atoms with Gasteiger partial charge in [0.1, 0.15) is 5.75 Å². The molecule has 6 heteroatoms. The molecule has 0 radical (unpaired) electrons. The zero-order valence-corrected chi connectivity index (χ0v) is 14.7. The average Bonchev–Trinajstić information content (AvgIpc) is 2.34. The summed E-state index contributed by atoms with van der Waals surface area (Å²) in [7, 11) is 1.77. The Morgan fingerprint density at radius 2 is 2.00 bits per heavy atom. The van der Waals surface area contributed by atoms with Gasteiger partial charge < -0.3 is 4.74 Å². The van der Waals surface area contributed by atoms with Crippen LogP contribution in [0.15, 0.2) is 17.0 Å². The van der Waals surface area contributed by atoms with Crippen molar-refractivity contribution in [3.8, 4) is 5.75 Å². The molecule has 114 valence electrons. The van der Waals surface area contributed by atoms with E-state index in [1.54, 1.807) is 12.1 Å². The lowest BCUT2D eigenvalue weighted by atomic mass is 10.0. The summed E-state index contributed by atoms with van der Waals surface area (Å²) in [6, 6.07) is 3.39. The fraction of sp³-hybridized carbons (Fsp3) is 0.571. The van der Waals surface area contributed by atoms with E-state index in [0.29, 0.717) is 12.2 Å². The molecule has 1 aromatic rings. The van der Waals surface area contributed by atoms with E-state index in [4.69, 9.17) is 15.4 Å². The van der Waals surface area contributed by atoms with Gasteiger partial charge in [0.05, 0.1) is 11.5 Å². The standard InChI is InChI=1S/C14H21ClO3S2/c1-5-19-7-6-18-13-9-12(10(2)3)14(8-11(13)4)20(15,16)17/h8-10H,5-7H2,1-4H3. The third-order valence-electron chi connectivity index (χ3n) is 2.88. The van der Waals surface area contributed by atoms with E-state index in [-0.39, 0.29) is 10.8 Å². The summed E-state index contributed by atoms with van der Waals surface area (Å²) in [5, 5.41) is 0. The molecule has 0 saturated carbocycles. The smallest absolute Gasteiger partial charge is 0.261 e. The van der Waals surface area contributed by atoms with Crippen molar-refractivity contribution in [1.29, 1.82) is 0 Å². The highest BCUT2D eigenvalue weighted by atomic mass is 35.7. The van der Waals surface area contributed by atoms with Crippen LogP contribution in [0, 0.1) is 6.92 Å². The molecular weight excluding hydrogens is 316 g/mol. The Labute approximate surface area is 130 Å². The highest BCUT2D eigenvalue weighted by molar-refractivity contribution is 8.13. The second-order valence-corrected chi connectivity index (χ2v) is 8.72. The van der Waals surface area contributed by atoms with E-state index in [9.17, 15) is 8.42 Å². The lowest BCUT2D eigenvalue weighted by Crippen LogP contribution is -2.06. The van der Waals surface area contributed by atoms with Crippen LogP contribution in [0.1, 0.15) is 37.8 Å². The second kappa shape index (κ2) is 7.57. The quantitative estimate of drug-likeness (QED) is 0.553. The Morgan fingerprint density at radius 1 is 1.35 bits per heavy atom. The molecule has 0 aliphatic carbocycles. The SMILES string of the molecule is CCSCCOc1cc(C(C)C)c(S(=O)(=O)Cl)cc1C. The van der Waals surface area contributed by atoms with Gasteiger partial charge in [-0.25, -0.2) is 8.42 Å². The Hall–Kier alpha value is -0.390. The minimum Gasteiger partial charge on any atom is -0.492 e. The highest BCUT2D eigenvalue weighted by Gasteiger charge is 2.20. The molecule has 0 spiro atoms. The molecule has 0 saturated heterocycles. The first-order valence-corrected chi connectivity index (χ1v) is 10.0. The van der Waals surface area contributed by atoms with Gasteiger partial charge in [0.15, 0.2) is 0 Å². The van der Waals surface area contributed by atoms with Crippen molar-refractivity contribution >= 4 is 31.5 Å². The number of benzene rings is 1. The van der Waals surface area contributed by atoms with Gasteiger partial charge in [-0.15, -0.1) is 0 Å². The predicted molar refractivity (Wildman–Crippen MR) is 86.8 cm³/mol. The van der Waals surface area contributed by atoms with E-state index in [2.05, 4.69) is 6.92 Å². The molecule has 1 rings (SSSR count). The normalized spacial score (nSPS) is 11.9. The van der Waals surface area contributed by atoms with Crippen molar-refractivity contribution < 1.29 is 13.2 Å². The largest absolute Gasteiger partial charge is 0.492 e. The van der Waals surface area contributed by atoms with Gasteiger partial charge in [-0.1, -0.05) is 20.8 Å². The first-order valence-electron chi connectivity index (χ1n) is 6.57. The molecule has 0 aromatic heterocycles. The van der Waals surface area contributed by atoms with Crippen LogP contribution in [0.5, 0.6) is 5.75 Å². The Morgan fingerprint density at radius 3 is 2.50 bits per heavy atom. The number of hydrogen-bond acceptors (Lipinski definition) is 4. The molecule has 0 N–H and O–H groups in total.